The van der Waals surface area contributed by atoms with Gasteiger partial charge in [0.1, 0.15) is 24.1 Å². The Labute approximate surface area is 104 Å². The number of carbonyl (C=O) groups excluding carboxylic acids is 1. The van der Waals surface area contributed by atoms with E-state index >= 15 is 0 Å². The monoisotopic (exact) mass is 256 g/mol. The summed E-state index contributed by atoms with van der Waals surface area (Å²) in [6, 6.07) is 5.81. The maximum Gasteiger partial charge on any atom is 0.168 e. The standard InChI is InChI=1S/C12H16O6/c13-6-10(16)12(18)11(17)9(15)5-7-1-3-8(14)4-2-7/h1-4,10-14,16-18H,5-6H2/t10-,11+,12+/m0/s1. The Morgan fingerprint density at radius 1 is 1.11 bits per heavy atom. The first-order valence-electron chi connectivity index (χ1n) is 5.41. The predicted molar refractivity (Wildman–Crippen MR) is 61.9 cm³/mol. The average Bonchev–Trinajstić information content (AvgIpc) is 2.38. The Kier molecular flexibility index (Phi) is 5.24. The van der Waals surface area contributed by atoms with Gasteiger partial charge >= 0.3 is 0 Å². The molecule has 1 aromatic carbocycles. The van der Waals surface area contributed by atoms with Gasteiger partial charge in [-0.3, -0.25) is 4.79 Å². The van der Waals surface area contributed by atoms with Gasteiger partial charge in [0.05, 0.1) is 6.61 Å². The molecular formula is C12H16O6. The quantitative estimate of drug-likeness (QED) is 0.426. The summed E-state index contributed by atoms with van der Waals surface area (Å²) in [5, 5.41) is 45.6. The molecule has 1 aromatic rings. The lowest BCUT2D eigenvalue weighted by molar-refractivity contribution is -0.139. The molecule has 6 heteroatoms. The number of phenolic OH excluding ortho intramolecular Hbond substituents is 1. The van der Waals surface area contributed by atoms with Gasteiger partial charge in [-0.25, -0.2) is 0 Å². The normalized spacial score (nSPS) is 16.0. The molecule has 6 nitrogen and oxygen atoms in total. The minimum absolute atomic E-state index is 0.0579. The van der Waals surface area contributed by atoms with Crippen molar-refractivity contribution in [1.29, 1.82) is 0 Å². The van der Waals surface area contributed by atoms with E-state index in [1.54, 1.807) is 0 Å². The summed E-state index contributed by atoms with van der Waals surface area (Å²) in [6.07, 6.45) is -5.19. The molecule has 0 fully saturated rings. The molecule has 0 saturated heterocycles. The molecule has 3 atom stereocenters. The molecule has 0 saturated carbocycles. The molecule has 0 unspecified atom stereocenters. The summed E-state index contributed by atoms with van der Waals surface area (Å²) < 4.78 is 0. The number of ketones is 1. The van der Waals surface area contributed by atoms with Crippen LogP contribution in [0.4, 0.5) is 0 Å². The highest BCUT2D eigenvalue weighted by molar-refractivity contribution is 5.85. The highest BCUT2D eigenvalue weighted by atomic mass is 16.4. The van der Waals surface area contributed by atoms with Gasteiger partial charge in [-0.15, -0.1) is 0 Å². The molecule has 0 radical (unpaired) electrons. The number of hydrogen-bond donors (Lipinski definition) is 5. The van der Waals surface area contributed by atoms with E-state index in [1.807, 2.05) is 0 Å². The SMILES string of the molecule is O=C(Cc1ccc(O)cc1)[C@@H](O)[C@H](O)[C@@H](O)CO. The minimum atomic E-state index is -1.76. The number of aliphatic hydroxyl groups is 4. The molecule has 18 heavy (non-hydrogen) atoms. The fourth-order valence-electron chi connectivity index (χ4n) is 1.43. The Hall–Kier alpha value is -1.47. The summed E-state index contributed by atoms with van der Waals surface area (Å²) in [5.74, 6) is -0.622. The van der Waals surface area contributed by atoms with E-state index in [0.717, 1.165) is 0 Å². The van der Waals surface area contributed by atoms with Gasteiger partial charge < -0.3 is 25.5 Å². The van der Waals surface area contributed by atoms with Crippen LogP contribution in [0.5, 0.6) is 5.75 Å². The lowest BCUT2D eigenvalue weighted by atomic mass is 9.99. The molecule has 100 valence electrons. The fraction of sp³-hybridized carbons (Fsp3) is 0.417. The van der Waals surface area contributed by atoms with Crippen molar-refractivity contribution in [2.45, 2.75) is 24.7 Å². The zero-order valence-electron chi connectivity index (χ0n) is 9.60. The molecule has 0 aliphatic heterocycles. The van der Waals surface area contributed by atoms with Gasteiger partial charge in [0, 0.05) is 6.42 Å². The molecule has 5 N–H and O–H groups in total. The summed E-state index contributed by atoms with van der Waals surface area (Å²) >= 11 is 0. The molecule has 0 aliphatic rings. The Balaban J connectivity index is 2.62. The molecule has 0 spiro atoms. The third-order valence-corrected chi connectivity index (χ3v) is 2.55. The molecule has 1 rings (SSSR count). The van der Waals surface area contributed by atoms with Crippen LogP contribution in [0.15, 0.2) is 24.3 Å². The predicted octanol–water partition coefficient (Wildman–Crippen LogP) is -1.42. The first-order valence-corrected chi connectivity index (χ1v) is 5.41. The summed E-state index contributed by atoms with van der Waals surface area (Å²) in [6.45, 7) is -0.745. The first-order chi connectivity index (χ1) is 8.45. The largest absolute Gasteiger partial charge is 0.508 e. The molecule has 0 heterocycles. The number of aromatic hydroxyl groups is 1. The van der Waals surface area contributed by atoms with Crippen LogP contribution in [-0.4, -0.2) is 56.2 Å². The van der Waals surface area contributed by atoms with Gasteiger partial charge in [-0.1, -0.05) is 12.1 Å². The smallest absolute Gasteiger partial charge is 0.168 e. The van der Waals surface area contributed by atoms with Crippen LogP contribution in [0.1, 0.15) is 5.56 Å². The third kappa shape index (κ3) is 3.78. The topological polar surface area (TPSA) is 118 Å². The third-order valence-electron chi connectivity index (χ3n) is 2.55. The fourth-order valence-corrected chi connectivity index (χ4v) is 1.43. The van der Waals surface area contributed by atoms with Crippen molar-refractivity contribution in [2.24, 2.45) is 0 Å². The van der Waals surface area contributed by atoms with Gasteiger partial charge in [0.25, 0.3) is 0 Å². The van der Waals surface area contributed by atoms with Gasteiger partial charge in [-0.2, -0.15) is 0 Å². The van der Waals surface area contributed by atoms with E-state index in [9.17, 15) is 15.0 Å². The Bertz CT molecular complexity index is 388. The number of Topliss-reactive ketones (excluding diaryl/α,β-unsaturated/α-hetero) is 1. The second-order valence-electron chi connectivity index (χ2n) is 3.99. The minimum Gasteiger partial charge on any atom is -0.508 e. The van der Waals surface area contributed by atoms with Crippen LogP contribution in [-0.2, 0) is 11.2 Å². The second-order valence-corrected chi connectivity index (χ2v) is 3.99. The van der Waals surface area contributed by atoms with Crippen molar-refractivity contribution in [3.05, 3.63) is 29.8 Å². The van der Waals surface area contributed by atoms with Gasteiger partial charge in [0.15, 0.2) is 5.78 Å². The van der Waals surface area contributed by atoms with Gasteiger partial charge in [0.2, 0.25) is 0 Å². The van der Waals surface area contributed by atoms with Crippen LogP contribution in [0.2, 0.25) is 0 Å². The van der Waals surface area contributed by atoms with E-state index in [1.165, 1.54) is 24.3 Å². The highest BCUT2D eigenvalue weighted by Crippen LogP contribution is 2.12. The second kappa shape index (κ2) is 6.46. The van der Waals surface area contributed by atoms with Crippen molar-refractivity contribution >= 4 is 5.78 Å². The van der Waals surface area contributed by atoms with Crippen LogP contribution >= 0.6 is 0 Å². The number of aliphatic hydroxyl groups excluding tert-OH is 4. The number of rotatable bonds is 6. The highest BCUT2D eigenvalue weighted by Gasteiger charge is 2.29. The van der Waals surface area contributed by atoms with Crippen molar-refractivity contribution in [3.8, 4) is 5.75 Å². The molecule has 0 amide bonds. The van der Waals surface area contributed by atoms with Gasteiger partial charge in [-0.05, 0) is 17.7 Å². The number of carbonyl (C=O) groups is 1. The molecule has 0 aliphatic carbocycles. The first kappa shape index (κ1) is 14.6. The van der Waals surface area contributed by atoms with E-state index in [-0.39, 0.29) is 12.2 Å². The van der Waals surface area contributed by atoms with Crippen molar-refractivity contribution in [1.82, 2.24) is 0 Å². The van der Waals surface area contributed by atoms with E-state index in [2.05, 4.69) is 0 Å². The van der Waals surface area contributed by atoms with Crippen LogP contribution in [0.3, 0.4) is 0 Å². The zero-order valence-corrected chi connectivity index (χ0v) is 9.60. The number of hydrogen-bond acceptors (Lipinski definition) is 6. The Morgan fingerprint density at radius 3 is 2.17 bits per heavy atom. The van der Waals surface area contributed by atoms with E-state index in [4.69, 9.17) is 15.3 Å². The maximum atomic E-state index is 11.6. The van der Waals surface area contributed by atoms with Crippen molar-refractivity contribution < 1.29 is 30.3 Å². The average molecular weight is 256 g/mol. The molecular weight excluding hydrogens is 240 g/mol. The lowest BCUT2D eigenvalue weighted by Gasteiger charge is -2.20. The Morgan fingerprint density at radius 2 is 1.67 bits per heavy atom. The zero-order chi connectivity index (χ0) is 13.7. The van der Waals surface area contributed by atoms with Crippen molar-refractivity contribution in [2.75, 3.05) is 6.61 Å². The van der Waals surface area contributed by atoms with Crippen LogP contribution in [0, 0.1) is 0 Å². The van der Waals surface area contributed by atoms with E-state index < -0.39 is 30.7 Å². The summed E-state index contributed by atoms with van der Waals surface area (Å²) in [4.78, 5) is 11.6. The summed E-state index contributed by atoms with van der Waals surface area (Å²) in [5.41, 5.74) is 0.558. The van der Waals surface area contributed by atoms with Crippen LogP contribution in [0.25, 0.3) is 0 Å². The number of benzene rings is 1. The van der Waals surface area contributed by atoms with Crippen molar-refractivity contribution in [3.63, 3.8) is 0 Å². The molecule has 0 aromatic heterocycles. The van der Waals surface area contributed by atoms with Crippen LogP contribution < -0.4 is 0 Å². The maximum absolute atomic E-state index is 11.6. The number of phenols is 1. The lowest BCUT2D eigenvalue weighted by Crippen LogP contribution is -2.44. The molecule has 0 bridgehead atoms. The van der Waals surface area contributed by atoms with E-state index in [0.29, 0.717) is 5.56 Å². The summed E-state index contributed by atoms with van der Waals surface area (Å²) in [7, 11) is 0.